The van der Waals surface area contributed by atoms with E-state index in [0.717, 1.165) is 44.1 Å². The van der Waals surface area contributed by atoms with Gasteiger partial charge in [-0.05, 0) is 143 Å². The number of benzene rings is 3. The predicted molar refractivity (Wildman–Crippen MR) is 185 cm³/mol. The normalized spacial score (nSPS) is 11.9. The fourth-order valence-corrected chi connectivity index (χ4v) is 4.91. The average Bonchev–Trinajstić information content (AvgIpc) is 3.10. The second-order valence-electron chi connectivity index (χ2n) is 11.4. The van der Waals surface area contributed by atoms with Crippen LogP contribution >= 0.6 is 0 Å². The van der Waals surface area contributed by atoms with E-state index in [-0.39, 0.29) is 22.7 Å². The lowest BCUT2D eigenvalue weighted by atomic mass is 10.1. The summed E-state index contributed by atoms with van der Waals surface area (Å²) in [7, 11) is 0. The second kappa shape index (κ2) is 20.1. The number of aromatic carboxylic acids is 2. The molecule has 0 bridgehead atoms. The molecule has 0 spiro atoms. The predicted octanol–water partition coefficient (Wildman–Crippen LogP) is 7.68. The summed E-state index contributed by atoms with van der Waals surface area (Å²) in [5.74, 6) is -0.175. The first-order valence-corrected chi connectivity index (χ1v) is 16.3. The third-order valence-electron chi connectivity index (χ3n) is 7.69. The van der Waals surface area contributed by atoms with Crippen LogP contribution in [0.1, 0.15) is 77.6 Å². The van der Waals surface area contributed by atoms with E-state index in [2.05, 4.69) is 13.2 Å². The molecule has 3 aromatic carbocycles. The summed E-state index contributed by atoms with van der Waals surface area (Å²) >= 11 is 0. The molecule has 0 amide bonds. The number of carbonyl (C=O) groups is 4. The maximum atomic E-state index is 12.6. The molecule has 0 saturated heterocycles. The highest BCUT2D eigenvalue weighted by Crippen LogP contribution is 2.27. The lowest BCUT2D eigenvalue weighted by molar-refractivity contribution is -0.122. The molecule has 3 rings (SSSR count). The molecular weight excluding hydrogens is 628 g/mol. The van der Waals surface area contributed by atoms with Gasteiger partial charge in [-0.1, -0.05) is 13.2 Å². The monoisotopic (exact) mass is 672 g/mol. The van der Waals surface area contributed by atoms with E-state index in [1.54, 1.807) is 42.5 Å². The Labute approximate surface area is 287 Å². The number of carbonyl (C=O) groups excluding carboxylic acids is 2. The first-order chi connectivity index (χ1) is 23.6. The number of rotatable bonds is 24. The Hall–Kier alpha value is -5.38. The highest BCUT2D eigenvalue weighted by atomic mass is 16.5. The number of hydrogen-bond donors (Lipinski definition) is 2. The van der Waals surface area contributed by atoms with Gasteiger partial charge in [0.15, 0.2) is 23.8 Å². The molecule has 0 aliphatic carbocycles. The van der Waals surface area contributed by atoms with Gasteiger partial charge < -0.3 is 29.2 Å². The van der Waals surface area contributed by atoms with Gasteiger partial charge in [-0.3, -0.25) is 9.59 Å². The Balaban J connectivity index is 1.43. The summed E-state index contributed by atoms with van der Waals surface area (Å²) in [4.78, 5) is 47.1. The summed E-state index contributed by atoms with van der Waals surface area (Å²) in [6.45, 7) is 10.00. The number of hydrogen-bond acceptors (Lipinski definition) is 8. The summed E-state index contributed by atoms with van der Waals surface area (Å²) in [6.07, 6.45) is 6.68. The first-order valence-electron chi connectivity index (χ1n) is 16.3. The molecule has 49 heavy (non-hydrogen) atoms. The van der Waals surface area contributed by atoms with Crippen molar-refractivity contribution in [2.75, 3.05) is 13.2 Å². The van der Waals surface area contributed by atoms with E-state index in [1.165, 1.54) is 36.4 Å². The fourth-order valence-electron chi connectivity index (χ4n) is 4.91. The Bertz CT molecular complexity index is 1560. The largest absolute Gasteiger partial charge is 0.494 e. The van der Waals surface area contributed by atoms with Crippen LogP contribution in [0.25, 0.3) is 0 Å². The number of ether oxygens (including phenoxy) is 4. The maximum Gasteiger partial charge on any atom is 0.335 e. The van der Waals surface area contributed by atoms with Gasteiger partial charge in [-0.25, -0.2) is 9.59 Å². The smallest absolute Gasteiger partial charge is 0.335 e. The van der Waals surface area contributed by atoms with Gasteiger partial charge in [-0.2, -0.15) is 0 Å². The van der Waals surface area contributed by atoms with Crippen LogP contribution in [-0.2, 0) is 9.59 Å². The minimum Gasteiger partial charge on any atom is -0.494 e. The summed E-state index contributed by atoms with van der Waals surface area (Å²) in [5.41, 5.74) is 1.15. The standard InChI is InChI=1S/C39H44O10/c1-4-33(40)36(12-8-6-10-24-46-30-18-14-28(15-19-30)38(42)43)48-32-22-23-35(27(3)26-32)49-37(34(41)5-2)13-9-7-11-25-47-31-20-16-29(17-21-31)39(44)45/h4-5,14-23,26,36-37H,1-2,6-13,24-25H2,3H3,(H,42,43)(H,44,45). The van der Waals surface area contributed by atoms with Gasteiger partial charge in [-0.15, -0.1) is 0 Å². The Morgan fingerprint density at radius 3 is 1.45 bits per heavy atom. The van der Waals surface area contributed by atoms with Gasteiger partial charge in [0.1, 0.15) is 23.0 Å². The van der Waals surface area contributed by atoms with Crippen LogP contribution in [0, 0.1) is 6.92 Å². The van der Waals surface area contributed by atoms with Gasteiger partial charge in [0.2, 0.25) is 0 Å². The Kier molecular flexibility index (Phi) is 15.6. The third-order valence-corrected chi connectivity index (χ3v) is 7.69. The summed E-state index contributed by atoms with van der Waals surface area (Å²) in [5, 5.41) is 18.0. The minimum absolute atomic E-state index is 0.200. The van der Waals surface area contributed by atoms with Crippen LogP contribution in [0.3, 0.4) is 0 Å². The van der Waals surface area contributed by atoms with E-state index in [0.29, 0.717) is 49.1 Å². The second-order valence-corrected chi connectivity index (χ2v) is 11.4. The highest BCUT2D eigenvalue weighted by molar-refractivity contribution is 5.93. The zero-order valence-corrected chi connectivity index (χ0v) is 27.8. The van der Waals surface area contributed by atoms with Crippen LogP contribution in [0.2, 0.25) is 0 Å². The number of unbranched alkanes of at least 4 members (excludes halogenated alkanes) is 4. The van der Waals surface area contributed by atoms with Crippen molar-refractivity contribution in [3.8, 4) is 23.0 Å². The first kappa shape index (κ1) is 38.1. The topological polar surface area (TPSA) is 146 Å². The van der Waals surface area contributed by atoms with E-state index < -0.39 is 24.1 Å². The van der Waals surface area contributed by atoms with Crippen molar-refractivity contribution in [2.24, 2.45) is 0 Å². The lowest BCUT2D eigenvalue weighted by Gasteiger charge is -2.20. The lowest BCUT2D eigenvalue weighted by Crippen LogP contribution is -2.26. The van der Waals surface area contributed by atoms with Crippen LogP contribution < -0.4 is 18.9 Å². The van der Waals surface area contributed by atoms with Crippen molar-refractivity contribution < 1.29 is 48.3 Å². The summed E-state index contributed by atoms with van der Waals surface area (Å²) in [6, 6.07) is 17.7. The van der Waals surface area contributed by atoms with Gasteiger partial charge in [0.25, 0.3) is 0 Å². The molecule has 0 saturated carbocycles. The zero-order valence-electron chi connectivity index (χ0n) is 27.8. The molecule has 2 N–H and O–H groups in total. The molecular formula is C39H44O10. The number of ketones is 2. The van der Waals surface area contributed by atoms with Crippen molar-refractivity contribution in [2.45, 2.75) is 70.5 Å². The van der Waals surface area contributed by atoms with Crippen molar-refractivity contribution in [3.63, 3.8) is 0 Å². The maximum absolute atomic E-state index is 12.6. The zero-order chi connectivity index (χ0) is 35.6. The molecule has 10 nitrogen and oxygen atoms in total. The fraction of sp³-hybridized carbons (Fsp3) is 0.333. The van der Waals surface area contributed by atoms with Crippen LogP contribution in [0.15, 0.2) is 92.0 Å². The van der Waals surface area contributed by atoms with Gasteiger partial charge >= 0.3 is 11.9 Å². The number of carboxylic acids is 2. The molecule has 2 unspecified atom stereocenters. The van der Waals surface area contributed by atoms with Gasteiger partial charge in [0, 0.05) is 0 Å². The van der Waals surface area contributed by atoms with Crippen LogP contribution in [0.4, 0.5) is 0 Å². The quantitative estimate of drug-likeness (QED) is 0.0718. The SMILES string of the molecule is C=CC(=O)C(CCCCCOc1ccc(C(=O)O)cc1)Oc1ccc(OC(CCCCCOc2ccc(C(=O)O)cc2)C(=O)C=C)c(C)c1. The number of carboxylic acid groups (broad SMARTS) is 2. The molecule has 0 radical (unpaired) electrons. The van der Waals surface area contributed by atoms with Crippen LogP contribution in [-0.4, -0.2) is 59.1 Å². The molecule has 0 heterocycles. The average molecular weight is 673 g/mol. The Morgan fingerprint density at radius 1 is 0.612 bits per heavy atom. The molecule has 3 aromatic rings. The van der Waals surface area contributed by atoms with Gasteiger partial charge in [0.05, 0.1) is 24.3 Å². The minimum atomic E-state index is -0.988. The van der Waals surface area contributed by atoms with Crippen molar-refractivity contribution in [1.29, 1.82) is 0 Å². The number of aryl methyl sites for hydroxylation is 1. The van der Waals surface area contributed by atoms with E-state index in [9.17, 15) is 19.2 Å². The molecule has 0 aromatic heterocycles. The molecule has 0 aliphatic heterocycles. The van der Waals surface area contributed by atoms with E-state index >= 15 is 0 Å². The Morgan fingerprint density at radius 2 is 1.04 bits per heavy atom. The highest BCUT2D eigenvalue weighted by Gasteiger charge is 2.21. The van der Waals surface area contributed by atoms with Crippen molar-refractivity contribution in [3.05, 3.63) is 109 Å². The third kappa shape index (κ3) is 13.0. The van der Waals surface area contributed by atoms with Crippen LogP contribution in [0.5, 0.6) is 23.0 Å². The molecule has 260 valence electrons. The molecule has 2 atom stereocenters. The van der Waals surface area contributed by atoms with Crippen molar-refractivity contribution >= 4 is 23.5 Å². The van der Waals surface area contributed by atoms with Crippen molar-refractivity contribution in [1.82, 2.24) is 0 Å². The molecule has 10 heteroatoms. The summed E-state index contributed by atoms with van der Waals surface area (Å²) < 4.78 is 23.5. The van der Waals surface area contributed by atoms with E-state index in [4.69, 9.17) is 29.2 Å². The van der Waals surface area contributed by atoms with E-state index in [1.807, 2.05) is 6.92 Å². The molecule has 0 fully saturated rings. The molecule has 0 aliphatic rings.